The van der Waals surface area contributed by atoms with Gasteiger partial charge in [0.25, 0.3) is 0 Å². The fraction of sp³-hybridized carbons (Fsp3) is 0.368. The molecule has 0 fully saturated rings. The summed E-state index contributed by atoms with van der Waals surface area (Å²) in [6, 6.07) is 14.7. The summed E-state index contributed by atoms with van der Waals surface area (Å²) in [4.78, 5) is -0.0805. The summed E-state index contributed by atoms with van der Waals surface area (Å²) in [5.41, 5.74) is 1.71. The fourth-order valence-corrected chi connectivity index (χ4v) is 3.21. The zero-order chi connectivity index (χ0) is 19.2. The van der Waals surface area contributed by atoms with Crippen molar-refractivity contribution in [1.82, 2.24) is 5.32 Å². The molecule has 6 nitrogen and oxygen atoms in total. The third-order valence-electron chi connectivity index (χ3n) is 4.22. The largest absolute Gasteiger partial charge is 0.497 e. The smallest absolute Gasteiger partial charge is 0.238 e. The van der Waals surface area contributed by atoms with Crippen molar-refractivity contribution in [1.29, 1.82) is 0 Å². The first kappa shape index (κ1) is 20.4. The SMILES string of the molecule is COc1cc(C(O)CNC(C)CCc2ccccc2)cc(S(N)(=O)=O)c1. The molecule has 0 saturated heterocycles. The summed E-state index contributed by atoms with van der Waals surface area (Å²) >= 11 is 0. The number of hydrogen-bond acceptors (Lipinski definition) is 5. The van der Waals surface area contributed by atoms with Crippen molar-refractivity contribution in [3.8, 4) is 5.75 Å². The summed E-state index contributed by atoms with van der Waals surface area (Å²) in [6.07, 6.45) is 1.00. The number of primary sulfonamides is 1. The van der Waals surface area contributed by atoms with Gasteiger partial charge in [0.1, 0.15) is 5.75 Å². The molecule has 142 valence electrons. The molecule has 0 aromatic heterocycles. The van der Waals surface area contributed by atoms with Gasteiger partial charge in [-0.05, 0) is 43.0 Å². The molecule has 0 saturated carbocycles. The first-order chi connectivity index (χ1) is 12.3. The summed E-state index contributed by atoms with van der Waals surface area (Å²) in [5, 5.41) is 18.9. The van der Waals surface area contributed by atoms with E-state index in [4.69, 9.17) is 9.88 Å². The topological polar surface area (TPSA) is 102 Å². The molecule has 2 rings (SSSR count). The Kier molecular flexibility index (Phi) is 7.16. The number of benzene rings is 2. The van der Waals surface area contributed by atoms with Gasteiger partial charge < -0.3 is 15.2 Å². The van der Waals surface area contributed by atoms with Gasteiger partial charge in [0.05, 0.1) is 18.1 Å². The molecule has 0 heterocycles. The minimum absolute atomic E-state index is 0.0805. The number of ether oxygens (including phenoxy) is 1. The second kappa shape index (κ2) is 9.14. The Morgan fingerprint density at radius 2 is 1.88 bits per heavy atom. The highest BCUT2D eigenvalue weighted by Crippen LogP contribution is 2.24. The molecule has 0 aliphatic rings. The average Bonchev–Trinajstić information content (AvgIpc) is 2.64. The highest BCUT2D eigenvalue weighted by molar-refractivity contribution is 7.89. The maximum absolute atomic E-state index is 11.6. The van der Waals surface area contributed by atoms with Crippen LogP contribution in [0.25, 0.3) is 0 Å². The number of rotatable bonds is 9. The first-order valence-electron chi connectivity index (χ1n) is 8.46. The van der Waals surface area contributed by atoms with E-state index in [2.05, 4.69) is 24.4 Å². The Labute approximate surface area is 155 Å². The predicted molar refractivity (Wildman–Crippen MR) is 102 cm³/mol. The van der Waals surface area contributed by atoms with Gasteiger partial charge >= 0.3 is 0 Å². The zero-order valence-corrected chi connectivity index (χ0v) is 15.9. The lowest BCUT2D eigenvalue weighted by Crippen LogP contribution is -2.31. The minimum Gasteiger partial charge on any atom is -0.497 e. The fourth-order valence-electron chi connectivity index (χ4n) is 2.63. The number of nitrogens with two attached hydrogens (primary N) is 1. The highest BCUT2D eigenvalue weighted by atomic mass is 32.2. The Morgan fingerprint density at radius 1 is 1.19 bits per heavy atom. The van der Waals surface area contributed by atoms with Gasteiger partial charge in [0.2, 0.25) is 10.0 Å². The van der Waals surface area contributed by atoms with Crippen LogP contribution in [0, 0.1) is 0 Å². The molecule has 2 atom stereocenters. The van der Waals surface area contributed by atoms with Crippen molar-refractivity contribution in [2.45, 2.75) is 36.8 Å². The lowest BCUT2D eigenvalue weighted by molar-refractivity contribution is 0.169. The van der Waals surface area contributed by atoms with Crippen molar-refractivity contribution in [2.24, 2.45) is 5.14 Å². The molecule has 0 aliphatic carbocycles. The van der Waals surface area contributed by atoms with Crippen LogP contribution >= 0.6 is 0 Å². The summed E-state index contributed by atoms with van der Waals surface area (Å²) < 4.78 is 28.3. The standard InChI is InChI=1S/C19H26N2O4S/c1-14(8-9-15-6-4-3-5-7-15)21-13-19(22)16-10-17(25-2)12-18(11-16)26(20,23)24/h3-7,10-12,14,19,21-22H,8-9,13H2,1-2H3,(H2,20,23,24). The van der Waals surface area contributed by atoms with Crippen LogP contribution in [-0.2, 0) is 16.4 Å². The molecule has 7 heteroatoms. The van der Waals surface area contributed by atoms with Gasteiger partial charge in [-0.25, -0.2) is 13.6 Å². The summed E-state index contributed by atoms with van der Waals surface area (Å²) in [6.45, 7) is 2.35. The number of aliphatic hydroxyl groups is 1. The van der Waals surface area contributed by atoms with Crippen LogP contribution in [0.5, 0.6) is 5.75 Å². The highest BCUT2D eigenvalue weighted by Gasteiger charge is 2.16. The van der Waals surface area contributed by atoms with E-state index in [0.717, 1.165) is 12.8 Å². The van der Waals surface area contributed by atoms with Gasteiger partial charge in [-0.1, -0.05) is 30.3 Å². The van der Waals surface area contributed by atoms with Gasteiger partial charge in [-0.3, -0.25) is 0 Å². The molecule has 0 radical (unpaired) electrons. The van der Waals surface area contributed by atoms with E-state index in [1.165, 1.54) is 24.8 Å². The molecule has 0 spiro atoms. The average molecular weight is 378 g/mol. The maximum Gasteiger partial charge on any atom is 0.238 e. The van der Waals surface area contributed by atoms with E-state index in [9.17, 15) is 13.5 Å². The monoisotopic (exact) mass is 378 g/mol. The molecule has 2 aromatic rings. The molecular formula is C19H26N2O4S. The second-order valence-electron chi connectivity index (χ2n) is 6.34. The minimum atomic E-state index is -3.87. The Morgan fingerprint density at radius 3 is 2.50 bits per heavy atom. The molecular weight excluding hydrogens is 352 g/mol. The van der Waals surface area contributed by atoms with Crippen molar-refractivity contribution in [3.63, 3.8) is 0 Å². The van der Waals surface area contributed by atoms with E-state index >= 15 is 0 Å². The van der Waals surface area contributed by atoms with Crippen LogP contribution < -0.4 is 15.2 Å². The Balaban J connectivity index is 1.95. The first-order valence-corrected chi connectivity index (χ1v) is 10.0. The third-order valence-corrected chi connectivity index (χ3v) is 5.11. The molecule has 26 heavy (non-hydrogen) atoms. The lowest BCUT2D eigenvalue weighted by atomic mass is 10.1. The molecule has 2 aromatic carbocycles. The van der Waals surface area contributed by atoms with E-state index in [0.29, 0.717) is 17.9 Å². The Bertz CT molecular complexity index is 810. The number of aliphatic hydroxyl groups excluding tert-OH is 1. The van der Waals surface area contributed by atoms with Crippen molar-refractivity contribution < 1.29 is 18.3 Å². The third kappa shape index (κ3) is 6.10. The van der Waals surface area contributed by atoms with E-state index in [1.807, 2.05) is 18.2 Å². The second-order valence-corrected chi connectivity index (χ2v) is 7.90. The van der Waals surface area contributed by atoms with E-state index in [1.54, 1.807) is 6.07 Å². The number of sulfonamides is 1. The summed E-state index contributed by atoms with van der Waals surface area (Å²) in [7, 11) is -2.44. The van der Waals surface area contributed by atoms with E-state index < -0.39 is 16.1 Å². The van der Waals surface area contributed by atoms with Crippen LogP contribution in [0.3, 0.4) is 0 Å². The Hall–Kier alpha value is -1.93. The van der Waals surface area contributed by atoms with Gasteiger partial charge in [-0.2, -0.15) is 0 Å². The molecule has 0 aliphatic heterocycles. The van der Waals surface area contributed by atoms with Crippen LogP contribution in [0.1, 0.15) is 30.6 Å². The molecule has 4 N–H and O–H groups in total. The lowest BCUT2D eigenvalue weighted by Gasteiger charge is -2.18. The number of methoxy groups -OCH3 is 1. The van der Waals surface area contributed by atoms with Crippen molar-refractivity contribution in [2.75, 3.05) is 13.7 Å². The van der Waals surface area contributed by atoms with Crippen molar-refractivity contribution in [3.05, 3.63) is 59.7 Å². The number of hydrogen-bond donors (Lipinski definition) is 3. The normalized spacial score (nSPS) is 14.0. The van der Waals surface area contributed by atoms with Crippen LogP contribution in [-0.4, -0.2) is 33.2 Å². The quantitative estimate of drug-likeness (QED) is 0.619. The maximum atomic E-state index is 11.6. The van der Waals surface area contributed by atoms with Gasteiger partial charge in [0, 0.05) is 18.7 Å². The number of aryl methyl sites for hydroxylation is 1. The summed E-state index contributed by atoms with van der Waals surface area (Å²) in [5.74, 6) is 0.336. The van der Waals surface area contributed by atoms with Crippen LogP contribution in [0.2, 0.25) is 0 Å². The molecule has 0 bridgehead atoms. The molecule has 0 amide bonds. The van der Waals surface area contributed by atoms with E-state index in [-0.39, 0.29) is 10.9 Å². The number of nitrogens with one attached hydrogen (secondary N) is 1. The zero-order valence-electron chi connectivity index (χ0n) is 15.1. The predicted octanol–water partition coefficient (Wildman–Crippen LogP) is 1.99. The van der Waals surface area contributed by atoms with Crippen molar-refractivity contribution >= 4 is 10.0 Å². The molecule has 2 unspecified atom stereocenters. The van der Waals surface area contributed by atoms with Crippen LogP contribution in [0.4, 0.5) is 0 Å². The van der Waals surface area contributed by atoms with Crippen LogP contribution in [0.15, 0.2) is 53.4 Å². The van der Waals surface area contributed by atoms with Gasteiger partial charge in [-0.15, -0.1) is 0 Å². The van der Waals surface area contributed by atoms with Gasteiger partial charge in [0.15, 0.2) is 0 Å².